The van der Waals surface area contributed by atoms with E-state index in [0.29, 0.717) is 24.9 Å². The third kappa shape index (κ3) is 3.30. The Kier molecular flexibility index (Phi) is 4.36. The molecule has 2 atom stereocenters. The molecule has 0 bridgehead atoms. The fourth-order valence-corrected chi connectivity index (χ4v) is 2.91. The van der Waals surface area contributed by atoms with Gasteiger partial charge in [-0.2, -0.15) is 0 Å². The maximum absolute atomic E-state index is 11.7. The lowest BCUT2D eigenvalue weighted by Gasteiger charge is -2.11. The monoisotopic (exact) mass is 333 g/mol. The molecule has 18 heavy (non-hydrogen) atoms. The van der Waals surface area contributed by atoms with Gasteiger partial charge in [-0.3, -0.25) is 4.79 Å². The molecule has 2 rings (SSSR count). The molecule has 0 spiro atoms. The second kappa shape index (κ2) is 5.81. The number of nitrogens with one attached hydrogen (secondary N) is 1. The van der Waals surface area contributed by atoms with Crippen LogP contribution in [0.5, 0.6) is 0 Å². The lowest BCUT2D eigenvalue weighted by Crippen LogP contribution is -2.32. The summed E-state index contributed by atoms with van der Waals surface area (Å²) in [6.07, 6.45) is 0.212. The number of ether oxygens (including phenoxy) is 1. The highest BCUT2D eigenvalue weighted by Gasteiger charge is 2.30. The van der Waals surface area contributed by atoms with Crippen molar-refractivity contribution in [1.82, 2.24) is 5.32 Å². The summed E-state index contributed by atoms with van der Waals surface area (Å²) >= 11 is 4.73. The van der Waals surface area contributed by atoms with E-state index in [1.54, 1.807) is 11.4 Å². The molecular weight excluding hydrogens is 322 g/mol. The van der Waals surface area contributed by atoms with E-state index < -0.39 is 12.1 Å². The summed E-state index contributed by atoms with van der Waals surface area (Å²) in [7, 11) is 0. The summed E-state index contributed by atoms with van der Waals surface area (Å²) in [5.41, 5.74) is 0.597. The molecule has 2 heterocycles. The fraction of sp³-hybridized carbons (Fsp3) is 0.455. The third-order valence-corrected chi connectivity index (χ3v) is 4.21. The smallest absolute Gasteiger partial charge is 0.332 e. The van der Waals surface area contributed by atoms with E-state index in [1.807, 2.05) is 0 Å². The molecule has 98 valence electrons. The van der Waals surface area contributed by atoms with Crippen molar-refractivity contribution in [2.45, 2.75) is 25.0 Å². The SMILES string of the molecule is O=C(NCC1CCC(C(=O)O)O1)c1csc(Br)c1. The van der Waals surface area contributed by atoms with Gasteiger partial charge in [-0.25, -0.2) is 4.79 Å². The minimum absolute atomic E-state index is 0.167. The highest BCUT2D eigenvalue weighted by molar-refractivity contribution is 9.11. The maximum atomic E-state index is 11.7. The van der Waals surface area contributed by atoms with Crippen LogP contribution in [-0.2, 0) is 9.53 Å². The highest BCUT2D eigenvalue weighted by atomic mass is 79.9. The van der Waals surface area contributed by atoms with Crippen molar-refractivity contribution in [3.8, 4) is 0 Å². The number of carboxylic acids is 1. The molecule has 1 saturated heterocycles. The van der Waals surface area contributed by atoms with E-state index in [2.05, 4.69) is 21.2 Å². The van der Waals surface area contributed by atoms with Crippen molar-refractivity contribution in [3.63, 3.8) is 0 Å². The second-order valence-corrected chi connectivity index (χ2v) is 6.30. The van der Waals surface area contributed by atoms with Crippen molar-refractivity contribution in [2.24, 2.45) is 0 Å². The zero-order valence-electron chi connectivity index (χ0n) is 9.39. The Labute approximate surface area is 116 Å². The van der Waals surface area contributed by atoms with Gasteiger partial charge in [0.1, 0.15) is 0 Å². The molecule has 1 aromatic rings. The first kappa shape index (κ1) is 13.5. The topological polar surface area (TPSA) is 75.6 Å². The minimum atomic E-state index is -0.939. The van der Waals surface area contributed by atoms with E-state index in [9.17, 15) is 9.59 Å². The van der Waals surface area contributed by atoms with Crippen LogP contribution in [0.25, 0.3) is 0 Å². The second-order valence-electron chi connectivity index (χ2n) is 4.01. The Balaban J connectivity index is 1.79. The van der Waals surface area contributed by atoms with Crippen LogP contribution in [0, 0.1) is 0 Å². The first-order chi connectivity index (χ1) is 8.56. The number of carboxylic acid groups (broad SMARTS) is 1. The molecular formula is C11H12BrNO4S. The summed E-state index contributed by atoms with van der Waals surface area (Å²) < 4.78 is 6.19. The Hall–Kier alpha value is -0.920. The van der Waals surface area contributed by atoms with Crippen molar-refractivity contribution < 1.29 is 19.4 Å². The predicted molar refractivity (Wildman–Crippen MR) is 69.9 cm³/mol. The van der Waals surface area contributed by atoms with E-state index in [-0.39, 0.29) is 12.0 Å². The third-order valence-electron chi connectivity index (χ3n) is 2.70. The van der Waals surface area contributed by atoms with Gasteiger partial charge in [-0.15, -0.1) is 11.3 Å². The molecule has 2 unspecified atom stereocenters. The number of aliphatic carboxylic acids is 1. The standard InChI is InChI=1S/C11H12BrNO4S/c12-9-3-6(5-18-9)10(14)13-4-7-1-2-8(17-7)11(15)16/h3,5,7-8H,1-2,4H2,(H,13,14)(H,15,16). The van der Waals surface area contributed by atoms with Gasteiger partial charge in [-0.05, 0) is 34.8 Å². The summed E-state index contributed by atoms with van der Waals surface area (Å²) in [5, 5.41) is 13.3. The number of hydrogen-bond acceptors (Lipinski definition) is 4. The molecule has 0 aliphatic carbocycles. The van der Waals surface area contributed by atoms with Gasteiger partial charge in [0.25, 0.3) is 5.91 Å². The average molecular weight is 334 g/mol. The minimum Gasteiger partial charge on any atom is -0.479 e. The largest absolute Gasteiger partial charge is 0.479 e. The summed E-state index contributed by atoms with van der Waals surface area (Å²) in [5.74, 6) is -1.11. The zero-order valence-corrected chi connectivity index (χ0v) is 11.8. The zero-order chi connectivity index (χ0) is 13.1. The van der Waals surface area contributed by atoms with E-state index in [0.717, 1.165) is 3.79 Å². The Morgan fingerprint density at radius 2 is 2.33 bits per heavy atom. The normalized spacial score (nSPS) is 22.9. The van der Waals surface area contributed by atoms with Crippen LogP contribution >= 0.6 is 27.3 Å². The fourth-order valence-electron chi connectivity index (χ4n) is 1.78. The van der Waals surface area contributed by atoms with Crippen LogP contribution < -0.4 is 5.32 Å². The van der Waals surface area contributed by atoms with Crippen molar-refractivity contribution in [3.05, 3.63) is 20.8 Å². The molecule has 7 heteroatoms. The van der Waals surface area contributed by atoms with Crippen LogP contribution in [0.1, 0.15) is 23.2 Å². The summed E-state index contributed by atoms with van der Waals surface area (Å²) in [4.78, 5) is 22.4. The number of thiophene rings is 1. The van der Waals surface area contributed by atoms with Crippen molar-refractivity contribution in [2.75, 3.05) is 6.54 Å². The Morgan fingerprint density at radius 3 is 2.89 bits per heavy atom. The van der Waals surface area contributed by atoms with Crippen LogP contribution in [0.3, 0.4) is 0 Å². The van der Waals surface area contributed by atoms with Crippen molar-refractivity contribution in [1.29, 1.82) is 0 Å². The molecule has 0 saturated carbocycles. The summed E-state index contributed by atoms with van der Waals surface area (Å²) in [6.45, 7) is 0.343. The van der Waals surface area contributed by atoms with Gasteiger partial charge >= 0.3 is 5.97 Å². The number of amides is 1. The van der Waals surface area contributed by atoms with Gasteiger partial charge in [0.05, 0.1) is 15.5 Å². The van der Waals surface area contributed by atoms with Gasteiger partial charge < -0.3 is 15.2 Å². The molecule has 1 fully saturated rings. The molecule has 2 N–H and O–H groups in total. The van der Waals surface area contributed by atoms with E-state index in [4.69, 9.17) is 9.84 Å². The van der Waals surface area contributed by atoms with Crippen LogP contribution in [0.15, 0.2) is 15.2 Å². The quantitative estimate of drug-likeness (QED) is 0.881. The predicted octanol–water partition coefficient (Wildman–Crippen LogP) is 1.87. The molecule has 1 aliphatic heterocycles. The van der Waals surface area contributed by atoms with E-state index >= 15 is 0 Å². The maximum Gasteiger partial charge on any atom is 0.332 e. The number of carbonyl (C=O) groups excluding carboxylic acids is 1. The lowest BCUT2D eigenvalue weighted by molar-refractivity contribution is -0.149. The molecule has 1 aliphatic rings. The first-order valence-electron chi connectivity index (χ1n) is 5.47. The molecule has 0 aromatic carbocycles. The Bertz CT molecular complexity index is 462. The van der Waals surface area contributed by atoms with Crippen molar-refractivity contribution >= 4 is 39.1 Å². The van der Waals surface area contributed by atoms with Crippen LogP contribution in [-0.4, -0.2) is 35.7 Å². The molecule has 1 amide bonds. The average Bonchev–Trinajstić information content (AvgIpc) is 2.94. The summed E-state index contributed by atoms with van der Waals surface area (Å²) in [6, 6.07) is 1.75. The van der Waals surface area contributed by atoms with Crippen LogP contribution in [0.4, 0.5) is 0 Å². The van der Waals surface area contributed by atoms with Gasteiger partial charge in [0.2, 0.25) is 0 Å². The highest BCUT2D eigenvalue weighted by Crippen LogP contribution is 2.21. The van der Waals surface area contributed by atoms with Gasteiger partial charge in [0.15, 0.2) is 6.10 Å². The number of halogens is 1. The van der Waals surface area contributed by atoms with E-state index in [1.165, 1.54) is 11.3 Å². The molecule has 5 nitrogen and oxygen atoms in total. The molecule has 1 aromatic heterocycles. The van der Waals surface area contributed by atoms with Gasteiger partial charge in [0, 0.05) is 11.9 Å². The molecule has 0 radical (unpaired) electrons. The number of carbonyl (C=O) groups is 2. The van der Waals surface area contributed by atoms with Crippen LogP contribution in [0.2, 0.25) is 0 Å². The first-order valence-corrected chi connectivity index (χ1v) is 7.14. The number of rotatable bonds is 4. The van der Waals surface area contributed by atoms with Gasteiger partial charge in [-0.1, -0.05) is 0 Å². The number of hydrogen-bond donors (Lipinski definition) is 2. The lowest BCUT2D eigenvalue weighted by atomic mass is 10.2. The Morgan fingerprint density at radius 1 is 1.56 bits per heavy atom.